The Kier molecular flexibility index (Phi) is 2.82. The Morgan fingerprint density at radius 2 is 1.76 bits per heavy atom. The summed E-state index contributed by atoms with van der Waals surface area (Å²) < 4.78 is 0. The molecule has 3 aromatic carbocycles. The van der Waals surface area contributed by atoms with Gasteiger partial charge in [-0.25, -0.2) is 0 Å². The van der Waals surface area contributed by atoms with E-state index in [4.69, 9.17) is 5.73 Å². The summed E-state index contributed by atoms with van der Waals surface area (Å²) in [6, 6.07) is 18.8. The van der Waals surface area contributed by atoms with Crippen molar-refractivity contribution in [1.29, 1.82) is 0 Å². The average Bonchev–Trinajstić information content (AvgIpc) is 2.94. The van der Waals surface area contributed by atoms with Crippen molar-refractivity contribution in [3.05, 3.63) is 60.8 Å². The van der Waals surface area contributed by atoms with Gasteiger partial charge in [-0.1, -0.05) is 42.1 Å². The van der Waals surface area contributed by atoms with E-state index >= 15 is 0 Å². The molecule has 0 fully saturated rings. The van der Waals surface area contributed by atoms with Crippen LogP contribution in [0.4, 0.5) is 5.69 Å². The SMILES string of the molecule is Nc1cc2cn[nH]c2cc1Sc1ccc2ccccc2c1. The molecule has 4 rings (SSSR count). The number of aromatic nitrogens is 2. The van der Waals surface area contributed by atoms with Gasteiger partial charge in [0.15, 0.2) is 0 Å². The topological polar surface area (TPSA) is 54.7 Å². The zero-order valence-electron chi connectivity index (χ0n) is 11.2. The van der Waals surface area contributed by atoms with Crippen LogP contribution in [0.5, 0.6) is 0 Å². The number of aromatic amines is 1. The van der Waals surface area contributed by atoms with E-state index in [1.54, 1.807) is 18.0 Å². The number of nitrogens with two attached hydrogens (primary N) is 1. The lowest BCUT2D eigenvalue weighted by atomic mass is 10.1. The number of hydrogen-bond donors (Lipinski definition) is 2. The summed E-state index contributed by atoms with van der Waals surface area (Å²) in [5, 5.41) is 10.6. The highest BCUT2D eigenvalue weighted by atomic mass is 32.2. The van der Waals surface area contributed by atoms with E-state index in [1.165, 1.54) is 15.7 Å². The lowest BCUT2D eigenvalue weighted by Crippen LogP contribution is -1.88. The van der Waals surface area contributed by atoms with Crippen LogP contribution in [0.2, 0.25) is 0 Å². The van der Waals surface area contributed by atoms with Gasteiger partial charge in [0.25, 0.3) is 0 Å². The average molecular weight is 291 g/mol. The van der Waals surface area contributed by atoms with Gasteiger partial charge in [-0.2, -0.15) is 5.10 Å². The third kappa shape index (κ3) is 2.23. The van der Waals surface area contributed by atoms with Crippen LogP contribution in [0.15, 0.2) is 70.6 Å². The van der Waals surface area contributed by atoms with Crippen molar-refractivity contribution in [2.45, 2.75) is 9.79 Å². The first-order valence-corrected chi connectivity index (χ1v) is 7.50. The highest BCUT2D eigenvalue weighted by molar-refractivity contribution is 7.99. The van der Waals surface area contributed by atoms with Crippen LogP contribution in [0.1, 0.15) is 0 Å². The quantitative estimate of drug-likeness (QED) is 0.536. The van der Waals surface area contributed by atoms with Gasteiger partial charge in [-0.05, 0) is 35.0 Å². The molecular weight excluding hydrogens is 278 g/mol. The zero-order chi connectivity index (χ0) is 14.2. The third-order valence-electron chi connectivity index (χ3n) is 3.52. The van der Waals surface area contributed by atoms with E-state index < -0.39 is 0 Å². The fourth-order valence-electron chi connectivity index (χ4n) is 2.44. The number of H-pyrrole nitrogens is 1. The second-order valence-corrected chi connectivity index (χ2v) is 6.07. The molecule has 0 aliphatic carbocycles. The largest absolute Gasteiger partial charge is 0.398 e. The summed E-state index contributed by atoms with van der Waals surface area (Å²) in [5.74, 6) is 0. The molecule has 0 radical (unpaired) electrons. The number of nitrogens with zero attached hydrogens (tertiary/aromatic N) is 1. The monoisotopic (exact) mass is 291 g/mol. The van der Waals surface area contributed by atoms with Crippen LogP contribution in [0.3, 0.4) is 0 Å². The lowest BCUT2D eigenvalue weighted by Gasteiger charge is -2.07. The van der Waals surface area contributed by atoms with Gasteiger partial charge in [0.05, 0.1) is 11.7 Å². The molecule has 0 saturated heterocycles. The van der Waals surface area contributed by atoms with Crippen molar-refractivity contribution in [1.82, 2.24) is 10.2 Å². The van der Waals surface area contributed by atoms with Crippen molar-refractivity contribution in [2.24, 2.45) is 0 Å². The summed E-state index contributed by atoms with van der Waals surface area (Å²) in [6.45, 7) is 0. The maximum Gasteiger partial charge on any atom is 0.0663 e. The smallest absolute Gasteiger partial charge is 0.0663 e. The summed E-state index contributed by atoms with van der Waals surface area (Å²) in [5.41, 5.74) is 7.93. The first kappa shape index (κ1) is 12.3. The summed E-state index contributed by atoms with van der Waals surface area (Å²) in [4.78, 5) is 2.22. The second-order valence-electron chi connectivity index (χ2n) is 4.96. The van der Waals surface area contributed by atoms with E-state index in [1.807, 2.05) is 6.07 Å². The van der Waals surface area contributed by atoms with Crippen molar-refractivity contribution >= 4 is 39.1 Å². The molecule has 1 aromatic heterocycles. The molecule has 21 heavy (non-hydrogen) atoms. The van der Waals surface area contributed by atoms with Gasteiger partial charge in [0, 0.05) is 20.9 Å². The standard InChI is InChI=1S/C17H13N3S/c18-15-8-13-10-19-20-16(13)9-17(15)21-14-6-5-11-3-1-2-4-12(11)7-14/h1-10H,18H2,(H,19,20). The summed E-state index contributed by atoms with van der Waals surface area (Å²) >= 11 is 1.67. The van der Waals surface area contributed by atoms with Gasteiger partial charge in [-0.15, -0.1) is 0 Å². The molecular formula is C17H13N3S. The molecule has 0 unspecified atom stereocenters. The zero-order valence-corrected chi connectivity index (χ0v) is 12.0. The highest BCUT2D eigenvalue weighted by Crippen LogP contribution is 2.35. The van der Waals surface area contributed by atoms with Crippen LogP contribution < -0.4 is 5.73 Å². The van der Waals surface area contributed by atoms with Crippen LogP contribution >= 0.6 is 11.8 Å². The molecule has 4 heteroatoms. The fraction of sp³-hybridized carbons (Fsp3) is 0. The van der Waals surface area contributed by atoms with E-state index in [2.05, 4.69) is 58.7 Å². The van der Waals surface area contributed by atoms with Gasteiger partial charge >= 0.3 is 0 Å². The van der Waals surface area contributed by atoms with E-state index in [-0.39, 0.29) is 0 Å². The van der Waals surface area contributed by atoms with Crippen molar-refractivity contribution in [3.63, 3.8) is 0 Å². The molecule has 1 heterocycles. The van der Waals surface area contributed by atoms with Crippen molar-refractivity contribution in [3.8, 4) is 0 Å². The minimum atomic E-state index is 0.780. The molecule has 0 aliphatic heterocycles. The Morgan fingerprint density at radius 3 is 2.67 bits per heavy atom. The lowest BCUT2D eigenvalue weighted by molar-refractivity contribution is 1.12. The maximum absolute atomic E-state index is 6.14. The van der Waals surface area contributed by atoms with Crippen LogP contribution in [0, 0.1) is 0 Å². The number of anilines is 1. The third-order valence-corrected chi connectivity index (χ3v) is 4.58. The number of fused-ring (bicyclic) bond motifs is 2. The van der Waals surface area contributed by atoms with Crippen molar-refractivity contribution < 1.29 is 0 Å². The van der Waals surface area contributed by atoms with Gasteiger partial charge < -0.3 is 5.73 Å². The van der Waals surface area contributed by atoms with E-state index in [0.29, 0.717) is 0 Å². The second kappa shape index (κ2) is 4.82. The number of nitrogens with one attached hydrogen (secondary N) is 1. The Labute approximate surface area is 126 Å². The number of benzene rings is 3. The predicted molar refractivity (Wildman–Crippen MR) is 88.6 cm³/mol. The van der Waals surface area contributed by atoms with Gasteiger partial charge in [-0.3, -0.25) is 5.10 Å². The van der Waals surface area contributed by atoms with Crippen LogP contribution in [0.25, 0.3) is 21.7 Å². The first-order chi connectivity index (χ1) is 10.3. The molecule has 0 bridgehead atoms. The van der Waals surface area contributed by atoms with Gasteiger partial charge in [0.2, 0.25) is 0 Å². The molecule has 3 nitrogen and oxygen atoms in total. The van der Waals surface area contributed by atoms with Crippen LogP contribution in [-0.4, -0.2) is 10.2 Å². The molecule has 0 saturated carbocycles. The normalized spacial score (nSPS) is 11.2. The molecule has 0 amide bonds. The molecule has 4 aromatic rings. The Bertz CT molecular complexity index is 943. The van der Waals surface area contributed by atoms with Gasteiger partial charge in [0.1, 0.15) is 0 Å². The molecule has 0 aliphatic rings. The Hall–Kier alpha value is -2.46. The maximum atomic E-state index is 6.14. The Morgan fingerprint density at radius 1 is 0.905 bits per heavy atom. The van der Waals surface area contributed by atoms with E-state index in [9.17, 15) is 0 Å². The molecule has 3 N–H and O–H groups in total. The number of nitrogen functional groups attached to an aromatic ring is 1. The molecule has 0 spiro atoms. The minimum Gasteiger partial charge on any atom is -0.398 e. The highest BCUT2D eigenvalue weighted by Gasteiger charge is 2.06. The van der Waals surface area contributed by atoms with E-state index in [0.717, 1.165) is 21.5 Å². The number of hydrogen-bond acceptors (Lipinski definition) is 3. The fourth-order valence-corrected chi connectivity index (χ4v) is 3.36. The summed E-state index contributed by atoms with van der Waals surface area (Å²) in [6.07, 6.45) is 1.79. The van der Waals surface area contributed by atoms with Crippen LogP contribution in [-0.2, 0) is 0 Å². The Balaban J connectivity index is 1.76. The molecule has 0 atom stereocenters. The molecule has 102 valence electrons. The summed E-state index contributed by atoms with van der Waals surface area (Å²) in [7, 11) is 0. The van der Waals surface area contributed by atoms with Crippen molar-refractivity contribution in [2.75, 3.05) is 5.73 Å². The number of rotatable bonds is 2. The predicted octanol–water partition coefficient (Wildman–Crippen LogP) is 4.45. The first-order valence-electron chi connectivity index (χ1n) is 6.69. The minimum absolute atomic E-state index is 0.780.